The minimum Gasteiger partial charge on any atom is -0.479 e. The minimum atomic E-state index is -1.09. The number of rotatable bonds is 6. The first kappa shape index (κ1) is 22.0. The average Bonchev–Trinajstić information content (AvgIpc) is 2.80. The number of ether oxygens (including phenoxy) is 1. The molecule has 1 aromatic heterocycles. The highest BCUT2D eigenvalue weighted by molar-refractivity contribution is 6.30. The molecule has 0 spiro atoms. The van der Waals surface area contributed by atoms with Gasteiger partial charge in [-0.3, -0.25) is 4.79 Å². The summed E-state index contributed by atoms with van der Waals surface area (Å²) in [5.74, 6) is 0.0276. The Bertz CT molecular complexity index is 1230. The second-order valence-corrected chi connectivity index (χ2v) is 8.40. The van der Waals surface area contributed by atoms with Crippen molar-refractivity contribution in [1.29, 1.82) is 0 Å². The predicted octanol–water partition coefficient (Wildman–Crippen LogP) is 4.83. The summed E-state index contributed by atoms with van der Waals surface area (Å²) in [6, 6.07) is 12.1. The summed E-state index contributed by atoms with van der Waals surface area (Å²) in [6.45, 7) is 1.44. The Balaban J connectivity index is 1.80. The number of carboxylic acid groups (broad SMARTS) is 1. The van der Waals surface area contributed by atoms with E-state index in [1.807, 2.05) is 12.1 Å². The molecule has 0 aliphatic heterocycles. The molecular formula is C24H24ClN3O4. The predicted molar refractivity (Wildman–Crippen MR) is 124 cm³/mol. The third kappa shape index (κ3) is 4.67. The number of para-hydroxylation sites is 1. The molecule has 1 aliphatic rings. The van der Waals surface area contributed by atoms with E-state index in [0.717, 1.165) is 25.7 Å². The summed E-state index contributed by atoms with van der Waals surface area (Å²) in [5.41, 5.74) is 0.891. The molecule has 166 valence electrons. The Morgan fingerprint density at radius 2 is 2.00 bits per heavy atom. The molecule has 3 aromatic rings. The number of carbonyl (C=O) groups is 1. The topological polar surface area (TPSA) is 93.8 Å². The number of aliphatic carboxylic acids is 1. The molecule has 1 heterocycles. The number of nitrogens with zero attached hydrogens (tertiary/aromatic N) is 3. The lowest BCUT2D eigenvalue weighted by Crippen LogP contribution is -2.25. The summed E-state index contributed by atoms with van der Waals surface area (Å²) in [5, 5.41) is 14.6. The van der Waals surface area contributed by atoms with Crippen LogP contribution in [0.25, 0.3) is 10.9 Å². The zero-order valence-electron chi connectivity index (χ0n) is 17.7. The van der Waals surface area contributed by atoms with Crippen molar-refractivity contribution in [2.24, 2.45) is 5.10 Å². The van der Waals surface area contributed by atoms with E-state index in [9.17, 15) is 14.7 Å². The first-order valence-electron chi connectivity index (χ1n) is 10.7. The van der Waals surface area contributed by atoms with Crippen molar-refractivity contribution in [3.05, 3.63) is 69.2 Å². The molecule has 1 N–H and O–H groups in total. The van der Waals surface area contributed by atoms with Gasteiger partial charge in [0, 0.05) is 16.5 Å². The summed E-state index contributed by atoms with van der Waals surface area (Å²) in [6.07, 6.45) is 5.71. The summed E-state index contributed by atoms with van der Waals surface area (Å²) in [4.78, 5) is 29.3. The second kappa shape index (κ2) is 9.53. The highest BCUT2D eigenvalue weighted by Crippen LogP contribution is 2.32. The maximum Gasteiger partial charge on any atom is 0.344 e. The Morgan fingerprint density at radius 3 is 2.75 bits per heavy atom. The van der Waals surface area contributed by atoms with Crippen molar-refractivity contribution >= 4 is 34.7 Å². The highest BCUT2D eigenvalue weighted by Gasteiger charge is 2.22. The third-order valence-electron chi connectivity index (χ3n) is 5.68. The van der Waals surface area contributed by atoms with E-state index < -0.39 is 12.1 Å². The van der Waals surface area contributed by atoms with Gasteiger partial charge in [-0.2, -0.15) is 9.78 Å². The van der Waals surface area contributed by atoms with Crippen molar-refractivity contribution in [2.75, 3.05) is 0 Å². The van der Waals surface area contributed by atoms with Crippen molar-refractivity contribution in [2.45, 2.75) is 51.0 Å². The van der Waals surface area contributed by atoms with Crippen molar-refractivity contribution in [1.82, 2.24) is 9.66 Å². The van der Waals surface area contributed by atoms with Crippen LogP contribution >= 0.6 is 11.6 Å². The van der Waals surface area contributed by atoms with Gasteiger partial charge in [-0.05, 0) is 50.1 Å². The van der Waals surface area contributed by atoms with Crippen LogP contribution in [0.4, 0.5) is 0 Å². The standard InChI is InChI=1S/C24H24ClN3O4/c1-15(24(30)31)32-21-12-11-18(25)13-17(21)14-26-28-22(16-7-3-2-4-8-16)27-20-10-6-5-9-19(20)23(28)29/h5-6,9-16H,2-4,7-8H2,1H3,(H,30,31)/t15-/m1/s1. The molecule has 0 radical (unpaired) electrons. The van der Waals surface area contributed by atoms with Crippen LogP contribution in [0.1, 0.15) is 56.3 Å². The molecule has 0 saturated heterocycles. The zero-order chi connectivity index (χ0) is 22.7. The quantitative estimate of drug-likeness (QED) is 0.539. The van der Waals surface area contributed by atoms with Crippen LogP contribution in [0.2, 0.25) is 5.02 Å². The number of hydrogen-bond acceptors (Lipinski definition) is 5. The molecule has 4 rings (SSSR count). The Labute approximate surface area is 190 Å². The Kier molecular flexibility index (Phi) is 6.55. The molecule has 1 aliphatic carbocycles. The van der Waals surface area contributed by atoms with Crippen LogP contribution in [-0.2, 0) is 4.79 Å². The molecule has 1 fully saturated rings. The van der Waals surface area contributed by atoms with Crippen LogP contribution in [0.5, 0.6) is 5.75 Å². The van der Waals surface area contributed by atoms with Crippen LogP contribution < -0.4 is 10.3 Å². The summed E-state index contributed by atoms with van der Waals surface area (Å²) < 4.78 is 6.91. The lowest BCUT2D eigenvalue weighted by Gasteiger charge is -2.22. The highest BCUT2D eigenvalue weighted by atomic mass is 35.5. The Hall–Kier alpha value is -3.19. The van der Waals surface area contributed by atoms with Crippen molar-refractivity contribution < 1.29 is 14.6 Å². The smallest absolute Gasteiger partial charge is 0.344 e. The first-order chi connectivity index (χ1) is 15.4. The minimum absolute atomic E-state index is 0.153. The van der Waals surface area contributed by atoms with Gasteiger partial charge in [-0.25, -0.2) is 9.78 Å². The number of hydrogen-bond donors (Lipinski definition) is 1. The van der Waals surface area contributed by atoms with E-state index >= 15 is 0 Å². The monoisotopic (exact) mass is 453 g/mol. The molecule has 7 nitrogen and oxygen atoms in total. The largest absolute Gasteiger partial charge is 0.479 e. The van der Waals surface area contributed by atoms with Crippen LogP contribution in [0.15, 0.2) is 52.4 Å². The number of benzene rings is 2. The summed E-state index contributed by atoms with van der Waals surface area (Å²) >= 11 is 6.15. The van der Waals surface area contributed by atoms with E-state index in [0.29, 0.717) is 33.1 Å². The second-order valence-electron chi connectivity index (χ2n) is 7.96. The zero-order valence-corrected chi connectivity index (χ0v) is 18.5. The average molecular weight is 454 g/mol. The maximum atomic E-state index is 13.3. The van der Waals surface area contributed by atoms with Crippen LogP contribution in [0.3, 0.4) is 0 Å². The van der Waals surface area contributed by atoms with E-state index in [-0.39, 0.29) is 11.5 Å². The number of halogens is 1. The molecule has 0 unspecified atom stereocenters. The normalized spacial score (nSPS) is 15.8. The molecule has 2 aromatic carbocycles. The third-order valence-corrected chi connectivity index (χ3v) is 5.92. The molecule has 8 heteroatoms. The van der Waals surface area contributed by atoms with Gasteiger partial charge in [0.05, 0.1) is 17.1 Å². The van der Waals surface area contributed by atoms with E-state index in [4.69, 9.17) is 21.3 Å². The van der Waals surface area contributed by atoms with Gasteiger partial charge < -0.3 is 9.84 Å². The first-order valence-corrected chi connectivity index (χ1v) is 11.1. The number of carboxylic acids is 1. The van der Waals surface area contributed by atoms with Gasteiger partial charge in [0.15, 0.2) is 6.10 Å². The fourth-order valence-corrected chi connectivity index (χ4v) is 4.15. The van der Waals surface area contributed by atoms with E-state index in [2.05, 4.69) is 5.10 Å². The maximum absolute atomic E-state index is 13.3. The van der Waals surface area contributed by atoms with Crippen molar-refractivity contribution in [3.63, 3.8) is 0 Å². The van der Waals surface area contributed by atoms with Gasteiger partial charge >= 0.3 is 5.97 Å². The molecule has 0 amide bonds. The van der Waals surface area contributed by atoms with Gasteiger partial charge in [0.2, 0.25) is 0 Å². The fourth-order valence-electron chi connectivity index (χ4n) is 3.97. The SMILES string of the molecule is C[C@@H](Oc1ccc(Cl)cc1C=Nn1c(C2CCCCC2)nc2ccccc2c1=O)C(=O)O. The van der Waals surface area contributed by atoms with E-state index in [1.54, 1.807) is 30.3 Å². The Morgan fingerprint density at radius 1 is 1.25 bits per heavy atom. The molecule has 32 heavy (non-hydrogen) atoms. The molecule has 1 atom stereocenters. The number of fused-ring (bicyclic) bond motifs is 1. The van der Waals surface area contributed by atoms with Gasteiger partial charge in [0.25, 0.3) is 5.56 Å². The van der Waals surface area contributed by atoms with Gasteiger partial charge in [-0.15, -0.1) is 0 Å². The summed E-state index contributed by atoms with van der Waals surface area (Å²) in [7, 11) is 0. The lowest BCUT2D eigenvalue weighted by molar-refractivity contribution is -0.144. The molecule has 0 bridgehead atoms. The van der Waals surface area contributed by atoms with Crippen molar-refractivity contribution in [3.8, 4) is 5.75 Å². The lowest BCUT2D eigenvalue weighted by atomic mass is 9.88. The number of aromatic nitrogens is 2. The van der Waals surface area contributed by atoms with Crippen LogP contribution in [-0.4, -0.2) is 33.1 Å². The van der Waals surface area contributed by atoms with Gasteiger partial charge in [0.1, 0.15) is 11.6 Å². The fraction of sp³-hybridized carbons (Fsp3) is 0.333. The van der Waals surface area contributed by atoms with Gasteiger partial charge in [-0.1, -0.05) is 43.0 Å². The molecular weight excluding hydrogens is 430 g/mol. The van der Waals surface area contributed by atoms with Crippen LogP contribution in [0, 0.1) is 0 Å². The molecule has 1 saturated carbocycles. The van der Waals surface area contributed by atoms with E-state index in [1.165, 1.54) is 24.2 Å².